The standard InChI is InChI=1S/C8H8N4.2ClH/c1-2-11-8(7-10-1)12-5-3-9-4-6-12;;/h1-5,7H,6H2;2*1H. The second-order valence-electron chi connectivity index (χ2n) is 2.35. The highest BCUT2D eigenvalue weighted by atomic mass is 35.5. The van der Waals surface area contributed by atoms with Crippen LogP contribution in [0.3, 0.4) is 0 Å². The van der Waals surface area contributed by atoms with Crippen molar-refractivity contribution < 1.29 is 0 Å². The number of nitrogens with zero attached hydrogens (tertiary/aromatic N) is 4. The fourth-order valence-corrected chi connectivity index (χ4v) is 0.985. The summed E-state index contributed by atoms with van der Waals surface area (Å²) in [5.74, 6) is 0.847. The number of rotatable bonds is 1. The normalized spacial score (nSPS) is 13.0. The molecule has 0 bridgehead atoms. The second kappa shape index (κ2) is 6.34. The van der Waals surface area contributed by atoms with Gasteiger partial charge in [0.15, 0.2) is 5.82 Å². The maximum Gasteiger partial charge on any atom is 0.151 e. The first-order valence-electron chi connectivity index (χ1n) is 3.68. The van der Waals surface area contributed by atoms with Crippen LogP contribution in [0.15, 0.2) is 36.0 Å². The van der Waals surface area contributed by atoms with Crippen molar-refractivity contribution in [3.63, 3.8) is 0 Å². The minimum Gasteiger partial charge on any atom is -0.325 e. The lowest BCUT2D eigenvalue weighted by molar-refractivity contribution is 1.03. The third-order valence-corrected chi connectivity index (χ3v) is 1.56. The van der Waals surface area contributed by atoms with Crippen molar-refractivity contribution >= 4 is 36.8 Å². The molecule has 0 aromatic carbocycles. The summed E-state index contributed by atoms with van der Waals surface area (Å²) in [7, 11) is 0. The molecule has 14 heavy (non-hydrogen) atoms. The van der Waals surface area contributed by atoms with Gasteiger partial charge in [0.1, 0.15) is 0 Å². The third kappa shape index (κ3) is 2.97. The first kappa shape index (κ1) is 12.9. The zero-order valence-electron chi connectivity index (χ0n) is 7.28. The Balaban J connectivity index is 0.000000845. The van der Waals surface area contributed by atoms with Crippen LogP contribution in [0.1, 0.15) is 0 Å². The topological polar surface area (TPSA) is 41.4 Å². The summed E-state index contributed by atoms with van der Waals surface area (Å²) in [6.45, 7) is 0.759. The zero-order valence-corrected chi connectivity index (χ0v) is 8.91. The van der Waals surface area contributed by atoms with Gasteiger partial charge in [-0.1, -0.05) is 0 Å². The van der Waals surface area contributed by atoms with E-state index in [1.807, 2.05) is 17.3 Å². The van der Waals surface area contributed by atoms with Gasteiger partial charge < -0.3 is 4.90 Å². The molecule has 0 atom stereocenters. The SMILES string of the molecule is C1=CN(c2cnccn2)CC=N1.Cl.Cl. The summed E-state index contributed by atoms with van der Waals surface area (Å²) in [4.78, 5) is 14.1. The predicted octanol–water partition coefficient (Wildman–Crippen LogP) is 1.68. The maximum atomic E-state index is 4.15. The van der Waals surface area contributed by atoms with E-state index in [2.05, 4.69) is 15.0 Å². The number of aromatic nitrogens is 2. The average Bonchev–Trinajstić information content (AvgIpc) is 2.21. The third-order valence-electron chi connectivity index (χ3n) is 1.56. The molecule has 0 aliphatic carbocycles. The van der Waals surface area contributed by atoms with Crippen LogP contribution >= 0.6 is 24.8 Å². The molecule has 0 saturated carbocycles. The molecule has 0 unspecified atom stereocenters. The summed E-state index contributed by atoms with van der Waals surface area (Å²) in [6.07, 6.45) is 10.5. The highest BCUT2D eigenvalue weighted by Gasteiger charge is 2.03. The van der Waals surface area contributed by atoms with Crippen LogP contribution in [0.4, 0.5) is 5.82 Å². The zero-order chi connectivity index (χ0) is 8.23. The lowest BCUT2D eigenvalue weighted by Crippen LogP contribution is -2.21. The molecule has 0 amide bonds. The minimum atomic E-state index is 0. The van der Waals surface area contributed by atoms with E-state index < -0.39 is 0 Å². The van der Waals surface area contributed by atoms with Crippen molar-refractivity contribution in [2.24, 2.45) is 4.99 Å². The van der Waals surface area contributed by atoms with Crippen LogP contribution in [-0.2, 0) is 0 Å². The molecule has 0 fully saturated rings. The van der Waals surface area contributed by atoms with Gasteiger partial charge in [-0.25, -0.2) is 4.98 Å². The van der Waals surface area contributed by atoms with Gasteiger partial charge in [0.2, 0.25) is 0 Å². The van der Waals surface area contributed by atoms with Crippen molar-refractivity contribution in [1.29, 1.82) is 0 Å². The van der Waals surface area contributed by atoms with E-state index in [0.29, 0.717) is 0 Å². The van der Waals surface area contributed by atoms with Crippen LogP contribution in [0.25, 0.3) is 0 Å². The van der Waals surface area contributed by atoms with Crippen molar-refractivity contribution in [2.45, 2.75) is 0 Å². The molecule has 4 nitrogen and oxygen atoms in total. The number of hydrogen-bond donors (Lipinski definition) is 0. The molecule has 1 aliphatic rings. The van der Waals surface area contributed by atoms with Crippen molar-refractivity contribution in [3.05, 3.63) is 31.0 Å². The van der Waals surface area contributed by atoms with Crippen molar-refractivity contribution in [3.8, 4) is 0 Å². The Morgan fingerprint density at radius 1 is 1.21 bits per heavy atom. The first-order valence-corrected chi connectivity index (χ1v) is 3.68. The fourth-order valence-electron chi connectivity index (χ4n) is 0.985. The molecular weight excluding hydrogens is 223 g/mol. The molecule has 0 spiro atoms. The Morgan fingerprint density at radius 2 is 2.07 bits per heavy atom. The van der Waals surface area contributed by atoms with Gasteiger partial charge in [-0.3, -0.25) is 9.98 Å². The number of anilines is 1. The lowest BCUT2D eigenvalue weighted by atomic mass is 10.5. The van der Waals surface area contributed by atoms with Gasteiger partial charge in [0.25, 0.3) is 0 Å². The van der Waals surface area contributed by atoms with Crippen LogP contribution in [0.2, 0.25) is 0 Å². The molecule has 2 heterocycles. The molecule has 1 aromatic rings. The van der Waals surface area contributed by atoms with Gasteiger partial charge >= 0.3 is 0 Å². The van der Waals surface area contributed by atoms with Crippen molar-refractivity contribution in [2.75, 3.05) is 11.4 Å². The first-order chi connectivity index (χ1) is 5.97. The van der Waals surface area contributed by atoms with Gasteiger partial charge in [0.05, 0.1) is 12.7 Å². The largest absolute Gasteiger partial charge is 0.325 e. The molecule has 0 saturated heterocycles. The highest BCUT2D eigenvalue weighted by Crippen LogP contribution is 2.08. The Bertz CT molecular complexity index is 312. The number of hydrogen-bond acceptors (Lipinski definition) is 4. The molecular formula is C8H10Cl2N4. The van der Waals surface area contributed by atoms with Gasteiger partial charge in [-0.2, -0.15) is 0 Å². The minimum absolute atomic E-state index is 0. The molecule has 1 aliphatic heterocycles. The Morgan fingerprint density at radius 3 is 2.64 bits per heavy atom. The smallest absolute Gasteiger partial charge is 0.151 e. The van der Waals surface area contributed by atoms with E-state index in [1.54, 1.807) is 24.8 Å². The van der Waals surface area contributed by atoms with Gasteiger partial charge in [0, 0.05) is 31.0 Å². The molecule has 76 valence electrons. The quantitative estimate of drug-likeness (QED) is 0.741. The molecule has 0 radical (unpaired) electrons. The summed E-state index contributed by atoms with van der Waals surface area (Å²) in [5.41, 5.74) is 0. The van der Waals surface area contributed by atoms with Crippen LogP contribution < -0.4 is 4.90 Å². The summed E-state index contributed by atoms with van der Waals surface area (Å²) in [5, 5.41) is 0. The fraction of sp³-hybridized carbons (Fsp3) is 0.125. The Kier molecular flexibility index (Phi) is 5.83. The van der Waals surface area contributed by atoms with Gasteiger partial charge in [-0.05, 0) is 0 Å². The Labute approximate surface area is 94.6 Å². The monoisotopic (exact) mass is 232 g/mol. The van der Waals surface area contributed by atoms with E-state index in [0.717, 1.165) is 12.4 Å². The van der Waals surface area contributed by atoms with Crippen LogP contribution in [0, 0.1) is 0 Å². The highest BCUT2D eigenvalue weighted by molar-refractivity contribution is 5.85. The Hall–Kier alpha value is -1.13. The lowest BCUT2D eigenvalue weighted by Gasteiger charge is -2.17. The molecule has 2 rings (SSSR count). The number of halogens is 2. The summed E-state index contributed by atoms with van der Waals surface area (Å²) >= 11 is 0. The van der Waals surface area contributed by atoms with E-state index >= 15 is 0 Å². The van der Waals surface area contributed by atoms with E-state index in [1.165, 1.54) is 0 Å². The van der Waals surface area contributed by atoms with E-state index in [4.69, 9.17) is 0 Å². The van der Waals surface area contributed by atoms with Crippen molar-refractivity contribution in [1.82, 2.24) is 9.97 Å². The summed E-state index contributed by atoms with van der Waals surface area (Å²) in [6, 6.07) is 0. The molecule has 0 N–H and O–H groups in total. The van der Waals surface area contributed by atoms with E-state index in [-0.39, 0.29) is 24.8 Å². The second-order valence-corrected chi connectivity index (χ2v) is 2.35. The molecule has 6 heteroatoms. The summed E-state index contributed by atoms with van der Waals surface area (Å²) < 4.78 is 0. The van der Waals surface area contributed by atoms with Crippen LogP contribution in [-0.4, -0.2) is 22.7 Å². The van der Waals surface area contributed by atoms with Crippen LogP contribution in [0.5, 0.6) is 0 Å². The van der Waals surface area contributed by atoms with Gasteiger partial charge in [-0.15, -0.1) is 24.8 Å². The predicted molar refractivity (Wildman–Crippen MR) is 61.5 cm³/mol. The number of aliphatic imine (C=N–C) groups is 1. The molecule has 1 aromatic heterocycles. The van der Waals surface area contributed by atoms with E-state index in [9.17, 15) is 0 Å². The average molecular weight is 233 g/mol. The maximum absolute atomic E-state index is 4.15.